The smallest absolute Gasteiger partial charge is 0.148 e. The molecule has 0 saturated carbocycles. The molecule has 0 unspecified atom stereocenters. The van der Waals surface area contributed by atoms with Gasteiger partial charge in [0.05, 0.1) is 0 Å². The molecule has 1 aliphatic heterocycles. The standard InChI is InChI=1S/C5H9OS/c7-5-3-1-2-4-6-5/h7H,1-4H2. The first kappa shape index (κ1) is 5.45. The van der Waals surface area contributed by atoms with Crippen LogP contribution in [0.1, 0.15) is 19.3 Å². The minimum absolute atomic E-state index is 0.874. The highest BCUT2D eigenvalue weighted by molar-refractivity contribution is 7.83. The van der Waals surface area contributed by atoms with E-state index in [4.69, 9.17) is 4.74 Å². The van der Waals surface area contributed by atoms with Crippen molar-refractivity contribution in [1.29, 1.82) is 0 Å². The van der Waals surface area contributed by atoms with E-state index >= 15 is 0 Å². The van der Waals surface area contributed by atoms with Crippen molar-refractivity contribution in [1.82, 2.24) is 0 Å². The summed E-state index contributed by atoms with van der Waals surface area (Å²) in [5.41, 5.74) is 0.909. The van der Waals surface area contributed by atoms with Crippen LogP contribution in [0.2, 0.25) is 0 Å². The lowest BCUT2D eigenvalue weighted by Crippen LogP contribution is -2.04. The maximum absolute atomic E-state index is 5.06. The molecule has 0 atom stereocenters. The van der Waals surface area contributed by atoms with Crippen molar-refractivity contribution in [2.75, 3.05) is 6.61 Å². The normalized spacial score (nSPS) is 25.3. The molecule has 1 aliphatic rings. The van der Waals surface area contributed by atoms with Crippen LogP contribution >= 0.6 is 12.6 Å². The van der Waals surface area contributed by atoms with Crippen molar-refractivity contribution in [2.24, 2.45) is 0 Å². The zero-order valence-corrected chi connectivity index (χ0v) is 5.08. The number of thiol groups is 1. The average Bonchev–Trinajstić information content (AvgIpc) is 1.69. The molecule has 0 aromatic heterocycles. The highest BCUT2D eigenvalue weighted by atomic mass is 32.1. The summed E-state index contributed by atoms with van der Waals surface area (Å²) in [6.07, 6.45) is 3.49. The second-order valence-corrected chi connectivity index (χ2v) is 2.20. The Bertz CT molecular complexity index is 50.0. The first-order valence-corrected chi connectivity index (χ1v) is 3.02. The van der Waals surface area contributed by atoms with Gasteiger partial charge in [-0.1, -0.05) is 0 Å². The molecular formula is C5H9OS. The van der Waals surface area contributed by atoms with Gasteiger partial charge in [-0.05, 0) is 19.3 Å². The van der Waals surface area contributed by atoms with E-state index in [-0.39, 0.29) is 0 Å². The van der Waals surface area contributed by atoms with E-state index in [9.17, 15) is 0 Å². The molecule has 1 nitrogen and oxygen atoms in total. The summed E-state index contributed by atoms with van der Waals surface area (Å²) in [7, 11) is 0. The van der Waals surface area contributed by atoms with E-state index in [1.165, 1.54) is 12.8 Å². The number of hydrogen-bond acceptors (Lipinski definition) is 2. The van der Waals surface area contributed by atoms with E-state index in [1.54, 1.807) is 0 Å². The Balaban J connectivity index is 2.12. The molecule has 2 heteroatoms. The van der Waals surface area contributed by atoms with Gasteiger partial charge < -0.3 is 4.74 Å². The maximum atomic E-state index is 5.06. The lowest BCUT2D eigenvalue weighted by Gasteiger charge is -2.15. The van der Waals surface area contributed by atoms with Crippen LogP contribution < -0.4 is 0 Å². The maximum Gasteiger partial charge on any atom is 0.148 e. The van der Waals surface area contributed by atoms with Gasteiger partial charge in [0.25, 0.3) is 0 Å². The minimum atomic E-state index is 0.874. The summed E-state index contributed by atoms with van der Waals surface area (Å²) >= 11 is 4.06. The van der Waals surface area contributed by atoms with Crippen molar-refractivity contribution in [3.05, 3.63) is 5.44 Å². The van der Waals surface area contributed by atoms with E-state index in [2.05, 4.69) is 12.6 Å². The van der Waals surface area contributed by atoms with E-state index in [0.717, 1.165) is 18.5 Å². The Morgan fingerprint density at radius 1 is 1.43 bits per heavy atom. The second-order valence-electron chi connectivity index (χ2n) is 1.70. The van der Waals surface area contributed by atoms with Gasteiger partial charge in [0.15, 0.2) is 0 Å². The van der Waals surface area contributed by atoms with Crippen molar-refractivity contribution < 1.29 is 4.74 Å². The monoisotopic (exact) mass is 117 g/mol. The Labute approximate surface area is 49.5 Å². The molecule has 41 valence electrons. The molecule has 1 radical (unpaired) electrons. The third-order valence-corrected chi connectivity index (χ3v) is 1.41. The van der Waals surface area contributed by atoms with Crippen LogP contribution in [-0.2, 0) is 4.74 Å². The van der Waals surface area contributed by atoms with Crippen molar-refractivity contribution >= 4 is 12.6 Å². The van der Waals surface area contributed by atoms with Gasteiger partial charge >= 0.3 is 0 Å². The predicted octanol–water partition coefficient (Wildman–Crippen LogP) is 1.61. The summed E-state index contributed by atoms with van der Waals surface area (Å²) in [6.45, 7) is 0.874. The van der Waals surface area contributed by atoms with Crippen LogP contribution in [-0.4, -0.2) is 6.61 Å². The van der Waals surface area contributed by atoms with E-state index in [1.807, 2.05) is 0 Å². The lowest BCUT2D eigenvalue weighted by atomic mass is 10.2. The largest absolute Gasteiger partial charge is 0.361 e. The van der Waals surface area contributed by atoms with Crippen LogP contribution in [0.5, 0.6) is 0 Å². The van der Waals surface area contributed by atoms with Crippen molar-refractivity contribution in [3.63, 3.8) is 0 Å². The summed E-state index contributed by atoms with van der Waals surface area (Å²) in [6, 6.07) is 0. The van der Waals surface area contributed by atoms with Crippen LogP contribution in [0.15, 0.2) is 0 Å². The van der Waals surface area contributed by atoms with Gasteiger partial charge in [0.2, 0.25) is 0 Å². The molecule has 0 aromatic rings. The molecular weight excluding hydrogens is 108 g/mol. The highest BCUT2D eigenvalue weighted by Gasteiger charge is 2.08. The molecule has 1 saturated heterocycles. The quantitative estimate of drug-likeness (QED) is 0.474. The molecule has 7 heavy (non-hydrogen) atoms. The van der Waals surface area contributed by atoms with E-state index < -0.39 is 0 Å². The Kier molecular flexibility index (Phi) is 2.00. The van der Waals surface area contributed by atoms with Crippen molar-refractivity contribution in [3.8, 4) is 0 Å². The molecule has 0 bridgehead atoms. The molecule has 0 aromatic carbocycles. The predicted molar refractivity (Wildman–Crippen MR) is 32.0 cm³/mol. The summed E-state index contributed by atoms with van der Waals surface area (Å²) in [5.74, 6) is 0. The van der Waals surface area contributed by atoms with Gasteiger partial charge in [-0.3, -0.25) is 0 Å². The third-order valence-electron chi connectivity index (χ3n) is 1.05. The van der Waals surface area contributed by atoms with Crippen LogP contribution in [0.4, 0.5) is 0 Å². The minimum Gasteiger partial charge on any atom is -0.361 e. The molecule has 0 N–H and O–H groups in total. The average molecular weight is 117 g/mol. The van der Waals surface area contributed by atoms with Gasteiger partial charge in [0, 0.05) is 6.61 Å². The molecule has 1 fully saturated rings. The first-order valence-electron chi connectivity index (χ1n) is 2.57. The number of hydrogen-bond donors (Lipinski definition) is 1. The SMILES string of the molecule is S[C]1CCCCO1. The first-order chi connectivity index (χ1) is 3.39. The van der Waals surface area contributed by atoms with Gasteiger partial charge in [-0.25, -0.2) is 0 Å². The topological polar surface area (TPSA) is 9.23 Å². The molecule has 1 rings (SSSR count). The molecule has 0 spiro atoms. The molecule has 0 aliphatic carbocycles. The summed E-state index contributed by atoms with van der Waals surface area (Å²) in [5, 5.41) is 0. The van der Waals surface area contributed by atoms with Gasteiger partial charge in [-0.2, -0.15) is 0 Å². The fourth-order valence-electron chi connectivity index (χ4n) is 0.640. The molecule has 0 amide bonds. The summed E-state index contributed by atoms with van der Waals surface area (Å²) < 4.78 is 5.06. The zero-order valence-electron chi connectivity index (χ0n) is 4.18. The zero-order chi connectivity index (χ0) is 5.11. The fourth-order valence-corrected chi connectivity index (χ4v) is 0.890. The van der Waals surface area contributed by atoms with E-state index in [0.29, 0.717) is 0 Å². The second kappa shape index (κ2) is 2.58. The third kappa shape index (κ3) is 1.70. The Hall–Kier alpha value is 0.310. The number of ether oxygens (including phenoxy) is 1. The lowest BCUT2D eigenvalue weighted by molar-refractivity contribution is 0.141. The Morgan fingerprint density at radius 3 is 2.57 bits per heavy atom. The van der Waals surface area contributed by atoms with Crippen LogP contribution in [0.3, 0.4) is 0 Å². The van der Waals surface area contributed by atoms with Gasteiger partial charge in [0.1, 0.15) is 5.44 Å². The van der Waals surface area contributed by atoms with Crippen molar-refractivity contribution in [2.45, 2.75) is 19.3 Å². The Morgan fingerprint density at radius 2 is 2.29 bits per heavy atom. The van der Waals surface area contributed by atoms with Gasteiger partial charge in [-0.15, -0.1) is 12.6 Å². The van der Waals surface area contributed by atoms with Crippen LogP contribution in [0, 0.1) is 5.44 Å². The molecule has 1 heterocycles. The summed E-state index contributed by atoms with van der Waals surface area (Å²) in [4.78, 5) is 0. The fraction of sp³-hybridized carbons (Fsp3) is 0.800. The van der Waals surface area contributed by atoms with Crippen LogP contribution in [0.25, 0.3) is 0 Å². The highest BCUT2D eigenvalue weighted by Crippen LogP contribution is 2.21. The number of rotatable bonds is 0.